The summed E-state index contributed by atoms with van der Waals surface area (Å²) >= 11 is 3.26. The van der Waals surface area contributed by atoms with Crippen LogP contribution in [0, 0.1) is 0 Å². The second-order valence-electron chi connectivity index (χ2n) is 6.18. The highest BCUT2D eigenvalue weighted by molar-refractivity contribution is 9.10. The number of aliphatic hydroxyl groups is 1. The van der Waals surface area contributed by atoms with Crippen LogP contribution in [0.4, 0.5) is 5.88 Å². The van der Waals surface area contributed by atoms with Crippen molar-refractivity contribution in [3.05, 3.63) is 46.1 Å². The summed E-state index contributed by atoms with van der Waals surface area (Å²) in [6.07, 6.45) is -0.818. The average Bonchev–Trinajstić information content (AvgIpc) is 2.88. The van der Waals surface area contributed by atoms with Gasteiger partial charge in [0.1, 0.15) is 17.5 Å². The van der Waals surface area contributed by atoms with Crippen LogP contribution in [0.15, 0.2) is 39.4 Å². The number of hydrogen-bond donors (Lipinski definition) is 2. The molecule has 0 saturated carbocycles. The third-order valence-electron chi connectivity index (χ3n) is 4.02. The van der Waals surface area contributed by atoms with Crippen molar-refractivity contribution in [1.29, 1.82) is 0 Å². The van der Waals surface area contributed by atoms with Crippen LogP contribution >= 0.6 is 15.9 Å². The Morgan fingerprint density at radius 1 is 1.30 bits per heavy atom. The number of carbonyl (C=O) groups excluding carboxylic acids is 1. The van der Waals surface area contributed by atoms with Gasteiger partial charge in [-0.3, -0.25) is 4.79 Å². The van der Waals surface area contributed by atoms with E-state index in [0.717, 1.165) is 5.56 Å². The number of aliphatic hydroxyl groups excluding tert-OH is 1. The van der Waals surface area contributed by atoms with Gasteiger partial charge in [-0.1, -0.05) is 0 Å². The monoisotopic (exact) mass is 379 g/mol. The highest BCUT2D eigenvalue weighted by Gasteiger charge is 2.43. The largest absolute Gasteiger partial charge is 0.485 e. The van der Waals surface area contributed by atoms with Crippen LogP contribution in [0.2, 0.25) is 0 Å². The summed E-state index contributed by atoms with van der Waals surface area (Å²) in [7, 11) is 0. The maximum atomic E-state index is 11.7. The fraction of sp³-hybridized carbons (Fsp3) is 0.353. The van der Waals surface area contributed by atoms with E-state index in [0.29, 0.717) is 21.9 Å². The lowest BCUT2D eigenvalue weighted by Crippen LogP contribution is -2.50. The molecule has 1 aliphatic heterocycles. The van der Waals surface area contributed by atoms with Crippen LogP contribution in [0.3, 0.4) is 0 Å². The van der Waals surface area contributed by atoms with Gasteiger partial charge in [-0.25, -0.2) is 0 Å². The van der Waals surface area contributed by atoms with Gasteiger partial charge in [-0.15, -0.1) is 0 Å². The van der Waals surface area contributed by atoms with Crippen LogP contribution in [0.25, 0.3) is 0 Å². The Labute approximate surface area is 142 Å². The Balaban J connectivity index is 2.05. The molecule has 2 N–H and O–H groups in total. The van der Waals surface area contributed by atoms with Gasteiger partial charge < -0.3 is 19.6 Å². The molecule has 3 rings (SSSR count). The fourth-order valence-corrected chi connectivity index (χ4v) is 3.03. The van der Waals surface area contributed by atoms with Crippen LogP contribution < -0.4 is 10.1 Å². The van der Waals surface area contributed by atoms with E-state index in [2.05, 4.69) is 21.2 Å². The summed E-state index contributed by atoms with van der Waals surface area (Å²) in [6, 6.07) is 8.35. The molecule has 0 saturated heterocycles. The van der Waals surface area contributed by atoms with E-state index >= 15 is 0 Å². The van der Waals surface area contributed by atoms with Gasteiger partial charge >= 0.3 is 0 Å². The number of hydrogen-bond acceptors (Lipinski definition) is 5. The minimum atomic E-state index is -0.818. The molecule has 1 aliphatic rings. The molecule has 23 heavy (non-hydrogen) atoms. The van der Waals surface area contributed by atoms with Gasteiger partial charge in [-0.05, 0) is 61.0 Å². The molecule has 2 unspecified atom stereocenters. The number of rotatable bonds is 3. The number of anilines is 1. The summed E-state index contributed by atoms with van der Waals surface area (Å²) < 4.78 is 12.0. The molecule has 0 radical (unpaired) electrons. The topological polar surface area (TPSA) is 71.7 Å². The molecular weight excluding hydrogens is 362 g/mol. The molecular formula is C17H18BrNO4. The Bertz CT molecular complexity index is 753. The maximum absolute atomic E-state index is 11.7. The number of Topliss-reactive ketones (excluding diaryl/α,β-unsaturated/α-hetero) is 1. The van der Waals surface area contributed by atoms with E-state index in [4.69, 9.17) is 9.15 Å². The number of ketones is 1. The van der Waals surface area contributed by atoms with Crippen LogP contribution in [-0.2, 0) is 0 Å². The molecule has 0 bridgehead atoms. The smallest absolute Gasteiger partial charge is 0.194 e. The van der Waals surface area contributed by atoms with Crippen LogP contribution in [-0.4, -0.2) is 22.6 Å². The van der Waals surface area contributed by atoms with Crippen molar-refractivity contribution in [2.45, 2.75) is 38.5 Å². The summed E-state index contributed by atoms with van der Waals surface area (Å²) in [5.41, 5.74) is 0.537. The van der Waals surface area contributed by atoms with E-state index < -0.39 is 17.7 Å². The van der Waals surface area contributed by atoms with E-state index in [9.17, 15) is 9.90 Å². The first kappa shape index (κ1) is 16.1. The molecule has 2 aromatic rings. The second-order valence-corrected chi connectivity index (χ2v) is 6.97. The lowest BCUT2D eigenvalue weighted by atomic mass is 9.85. The second kappa shape index (κ2) is 5.69. The molecule has 1 aromatic heterocycles. The fourth-order valence-electron chi connectivity index (χ4n) is 2.72. The Hall–Kier alpha value is -1.79. The first-order chi connectivity index (χ1) is 10.8. The van der Waals surface area contributed by atoms with E-state index in [-0.39, 0.29) is 5.78 Å². The molecule has 5 nitrogen and oxygen atoms in total. The van der Waals surface area contributed by atoms with Crippen molar-refractivity contribution < 1.29 is 19.1 Å². The van der Waals surface area contributed by atoms with Gasteiger partial charge in [0.15, 0.2) is 16.3 Å². The van der Waals surface area contributed by atoms with E-state index in [1.54, 1.807) is 30.3 Å². The minimum Gasteiger partial charge on any atom is -0.485 e. The summed E-state index contributed by atoms with van der Waals surface area (Å²) in [5.74, 6) is 1.14. The van der Waals surface area contributed by atoms with Crippen molar-refractivity contribution in [1.82, 2.24) is 0 Å². The van der Waals surface area contributed by atoms with Crippen molar-refractivity contribution in [3.8, 4) is 5.75 Å². The number of furan rings is 1. The number of fused-ring (bicyclic) bond motifs is 1. The zero-order valence-electron chi connectivity index (χ0n) is 13.1. The third kappa shape index (κ3) is 3.01. The molecule has 122 valence electrons. The highest BCUT2D eigenvalue weighted by Crippen LogP contribution is 2.42. The lowest BCUT2D eigenvalue weighted by molar-refractivity contribution is -0.0535. The molecule has 0 spiro atoms. The average molecular weight is 380 g/mol. The van der Waals surface area contributed by atoms with Gasteiger partial charge in [0.05, 0.1) is 6.04 Å². The SMILES string of the molecule is CC(=O)c1ccc2c(c1)C(Nc1ccc(Br)o1)C(O)C(C)(C)O2. The standard InChI is InChI=1S/C17H18BrNO4/c1-9(20)10-4-5-12-11(8-10)15(16(21)17(2,3)23-12)19-14-7-6-13(18)22-14/h4-8,15-16,19,21H,1-3H3. The molecule has 6 heteroatoms. The number of nitrogens with one attached hydrogen (secondary N) is 1. The number of carbonyl (C=O) groups is 1. The molecule has 2 atom stereocenters. The number of ether oxygens (including phenoxy) is 1. The molecule has 0 fully saturated rings. The zero-order chi connectivity index (χ0) is 16.8. The third-order valence-corrected chi connectivity index (χ3v) is 4.45. The zero-order valence-corrected chi connectivity index (χ0v) is 14.7. The first-order valence-corrected chi connectivity index (χ1v) is 8.11. The molecule has 2 heterocycles. The Kier molecular flexibility index (Phi) is 3.98. The Morgan fingerprint density at radius 2 is 2.04 bits per heavy atom. The van der Waals surface area contributed by atoms with E-state index in [1.807, 2.05) is 13.8 Å². The predicted molar refractivity (Wildman–Crippen MR) is 89.9 cm³/mol. The number of halogens is 1. The normalized spacial score (nSPS) is 22.1. The van der Waals surface area contributed by atoms with Gasteiger partial charge in [0, 0.05) is 17.2 Å². The van der Waals surface area contributed by atoms with Gasteiger partial charge in [0.2, 0.25) is 0 Å². The van der Waals surface area contributed by atoms with Crippen LogP contribution in [0.5, 0.6) is 5.75 Å². The molecule has 0 aliphatic carbocycles. The predicted octanol–water partition coefficient (Wildman–Crippen LogP) is 3.93. The number of benzene rings is 1. The highest BCUT2D eigenvalue weighted by atomic mass is 79.9. The lowest BCUT2D eigenvalue weighted by Gasteiger charge is -2.42. The van der Waals surface area contributed by atoms with Crippen LogP contribution in [0.1, 0.15) is 42.7 Å². The first-order valence-electron chi connectivity index (χ1n) is 7.32. The van der Waals surface area contributed by atoms with E-state index in [1.165, 1.54) is 6.92 Å². The van der Waals surface area contributed by atoms with Crippen molar-refractivity contribution in [2.24, 2.45) is 0 Å². The maximum Gasteiger partial charge on any atom is 0.194 e. The van der Waals surface area contributed by atoms with Gasteiger partial charge in [0.25, 0.3) is 0 Å². The van der Waals surface area contributed by atoms with Crippen molar-refractivity contribution >= 4 is 27.6 Å². The summed E-state index contributed by atoms with van der Waals surface area (Å²) in [6.45, 7) is 5.16. The quantitative estimate of drug-likeness (QED) is 0.790. The minimum absolute atomic E-state index is 0.0355. The summed E-state index contributed by atoms with van der Waals surface area (Å²) in [4.78, 5) is 11.7. The summed E-state index contributed by atoms with van der Waals surface area (Å²) in [5, 5.41) is 13.9. The molecule has 0 amide bonds. The van der Waals surface area contributed by atoms with Crippen molar-refractivity contribution in [3.63, 3.8) is 0 Å². The van der Waals surface area contributed by atoms with Crippen molar-refractivity contribution in [2.75, 3.05) is 5.32 Å². The Morgan fingerprint density at radius 3 is 2.65 bits per heavy atom. The van der Waals surface area contributed by atoms with Gasteiger partial charge in [-0.2, -0.15) is 0 Å². The molecule has 1 aromatic carbocycles.